The van der Waals surface area contributed by atoms with Gasteiger partial charge in [0, 0.05) is 24.8 Å². The van der Waals surface area contributed by atoms with Gasteiger partial charge in [-0.3, -0.25) is 10.1 Å². The number of anilines is 1. The number of carbonyl (C=O) groups is 1. The van der Waals surface area contributed by atoms with E-state index in [1.54, 1.807) is 12.1 Å². The van der Waals surface area contributed by atoms with Gasteiger partial charge in [0.25, 0.3) is 5.69 Å². The van der Waals surface area contributed by atoms with E-state index in [1.807, 2.05) is 0 Å². The van der Waals surface area contributed by atoms with Gasteiger partial charge in [0.15, 0.2) is 11.9 Å². The molecule has 0 saturated carbocycles. The molecule has 3 rings (SSSR count). The van der Waals surface area contributed by atoms with Crippen molar-refractivity contribution in [1.82, 2.24) is 0 Å². The van der Waals surface area contributed by atoms with Crippen molar-refractivity contribution in [3.8, 4) is 0 Å². The summed E-state index contributed by atoms with van der Waals surface area (Å²) >= 11 is 0. The van der Waals surface area contributed by atoms with E-state index < -0.39 is 35.5 Å². The predicted molar refractivity (Wildman–Crippen MR) is 96.6 cm³/mol. The number of nitro groups is 1. The number of rotatable bonds is 7. The van der Waals surface area contributed by atoms with Gasteiger partial charge in [0.05, 0.1) is 17.1 Å². The van der Waals surface area contributed by atoms with Crippen LogP contribution < -0.4 is 4.90 Å². The summed E-state index contributed by atoms with van der Waals surface area (Å²) in [6.07, 6.45) is 0.378. The largest absolute Gasteiger partial charge is 0.499 e. The lowest BCUT2D eigenvalue weighted by atomic mass is 10.1. The Balaban J connectivity index is 1.83. The molecule has 0 aromatic heterocycles. The number of hydrogen-bond donors (Lipinski definition) is 3. The summed E-state index contributed by atoms with van der Waals surface area (Å²) in [5, 5.41) is 40.0. The highest BCUT2D eigenvalue weighted by atomic mass is 16.6. The first-order valence-electron chi connectivity index (χ1n) is 9.00. The number of aliphatic hydroxyl groups is 3. The van der Waals surface area contributed by atoms with E-state index in [0.717, 1.165) is 38.0 Å². The normalized spacial score (nSPS) is 20.9. The van der Waals surface area contributed by atoms with Crippen LogP contribution >= 0.6 is 0 Å². The number of cyclic esters (lactones) is 1. The molecule has 2 unspecified atom stereocenters. The molecule has 1 fully saturated rings. The standard InChI is InChI=1S/C18H22N2O8/c21-9-14(22)16-17(15(23)18(24)28-16)27-10-11-8-12(4-5-13(11)20(25)26)19-6-2-1-3-7-19/h4-5,8,14,16,21-23H,1-3,6-7,9-10H2. The molecule has 3 N–H and O–H groups in total. The maximum absolute atomic E-state index is 11.5. The van der Waals surface area contributed by atoms with Gasteiger partial charge in [-0.15, -0.1) is 0 Å². The van der Waals surface area contributed by atoms with E-state index in [1.165, 1.54) is 6.07 Å². The number of aliphatic hydroxyl groups excluding tert-OH is 3. The quantitative estimate of drug-likeness (QED) is 0.352. The smallest absolute Gasteiger partial charge is 0.378 e. The summed E-state index contributed by atoms with van der Waals surface area (Å²) < 4.78 is 10.2. The van der Waals surface area contributed by atoms with Crippen LogP contribution in [0.3, 0.4) is 0 Å². The van der Waals surface area contributed by atoms with E-state index in [0.29, 0.717) is 0 Å². The molecule has 0 aliphatic carbocycles. The van der Waals surface area contributed by atoms with Crippen LogP contribution in [-0.2, 0) is 20.9 Å². The van der Waals surface area contributed by atoms with Crippen molar-refractivity contribution >= 4 is 17.3 Å². The van der Waals surface area contributed by atoms with Gasteiger partial charge in [0.1, 0.15) is 12.7 Å². The van der Waals surface area contributed by atoms with Crippen molar-refractivity contribution in [3.63, 3.8) is 0 Å². The van der Waals surface area contributed by atoms with Crippen molar-refractivity contribution in [3.05, 3.63) is 45.4 Å². The number of esters is 1. The van der Waals surface area contributed by atoms with Crippen LogP contribution in [0.5, 0.6) is 0 Å². The van der Waals surface area contributed by atoms with Gasteiger partial charge >= 0.3 is 5.97 Å². The maximum Gasteiger partial charge on any atom is 0.378 e. The summed E-state index contributed by atoms with van der Waals surface area (Å²) in [7, 11) is 0. The molecule has 0 radical (unpaired) electrons. The minimum absolute atomic E-state index is 0.162. The average molecular weight is 394 g/mol. The molecular weight excluding hydrogens is 372 g/mol. The first-order valence-corrected chi connectivity index (χ1v) is 9.00. The third-order valence-electron chi connectivity index (χ3n) is 4.82. The fraction of sp³-hybridized carbons (Fsp3) is 0.500. The van der Waals surface area contributed by atoms with Gasteiger partial charge in [-0.1, -0.05) is 0 Å². The topological polar surface area (TPSA) is 143 Å². The average Bonchev–Trinajstić information content (AvgIpc) is 3.00. The zero-order valence-corrected chi connectivity index (χ0v) is 15.1. The maximum atomic E-state index is 11.5. The lowest BCUT2D eigenvalue weighted by Gasteiger charge is -2.29. The number of nitrogens with zero attached hydrogens (tertiary/aromatic N) is 2. The molecule has 0 bridgehead atoms. The lowest BCUT2D eigenvalue weighted by molar-refractivity contribution is -0.385. The van der Waals surface area contributed by atoms with Crippen molar-refractivity contribution in [1.29, 1.82) is 0 Å². The Morgan fingerprint density at radius 2 is 2.04 bits per heavy atom. The van der Waals surface area contributed by atoms with Gasteiger partial charge in [-0.25, -0.2) is 4.79 Å². The van der Waals surface area contributed by atoms with Crippen LogP contribution in [0.4, 0.5) is 11.4 Å². The molecule has 2 heterocycles. The molecule has 1 aromatic carbocycles. The van der Waals surface area contributed by atoms with Gasteiger partial charge < -0.3 is 29.7 Å². The Labute approximate surface area is 160 Å². The van der Waals surface area contributed by atoms with Gasteiger partial charge in [0.2, 0.25) is 5.76 Å². The van der Waals surface area contributed by atoms with Crippen LogP contribution in [0.1, 0.15) is 24.8 Å². The molecule has 1 aromatic rings. The number of ether oxygens (including phenoxy) is 2. The van der Waals surface area contributed by atoms with E-state index in [4.69, 9.17) is 14.6 Å². The Hall–Kier alpha value is -2.85. The van der Waals surface area contributed by atoms with Crippen LogP contribution in [0, 0.1) is 10.1 Å². The number of piperidine rings is 1. The highest BCUT2D eigenvalue weighted by Gasteiger charge is 2.40. The summed E-state index contributed by atoms with van der Waals surface area (Å²) in [5.41, 5.74) is 0.920. The molecule has 2 aliphatic rings. The van der Waals surface area contributed by atoms with Crippen molar-refractivity contribution in [2.45, 2.75) is 38.1 Å². The van der Waals surface area contributed by atoms with Crippen molar-refractivity contribution in [2.75, 3.05) is 24.6 Å². The molecule has 28 heavy (non-hydrogen) atoms. The molecule has 152 valence electrons. The number of carbonyl (C=O) groups excluding carboxylic acids is 1. The molecular formula is C18H22N2O8. The number of benzene rings is 1. The Morgan fingerprint density at radius 3 is 2.68 bits per heavy atom. The highest BCUT2D eigenvalue weighted by Crippen LogP contribution is 2.30. The molecule has 0 spiro atoms. The molecule has 2 atom stereocenters. The zero-order chi connectivity index (χ0) is 20.3. The second-order valence-electron chi connectivity index (χ2n) is 6.70. The van der Waals surface area contributed by atoms with Crippen molar-refractivity contribution < 1.29 is 34.5 Å². The monoisotopic (exact) mass is 394 g/mol. The first kappa shape index (κ1) is 19.9. The fourth-order valence-corrected chi connectivity index (χ4v) is 3.33. The van der Waals surface area contributed by atoms with Crippen molar-refractivity contribution in [2.24, 2.45) is 0 Å². The van der Waals surface area contributed by atoms with Gasteiger partial charge in [-0.05, 0) is 31.4 Å². The number of hydrogen-bond acceptors (Lipinski definition) is 9. The SMILES string of the molecule is O=C1OC(C(O)CO)C(OCc2cc(N3CCCCC3)ccc2[N+](=O)[O-])=C1O. The zero-order valence-electron chi connectivity index (χ0n) is 15.1. The Morgan fingerprint density at radius 1 is 1.32 bits per heavy atom. The highest BCUT2D eigenvalue weighted by molar-refractivity contribution is 5.89. The molecule has 10 heteroatoms. The van der Waals surface area contributed by atoms with Crippen LogP contribution in [-0.4, -0.2) is 58.1 Å². The van der Waals surface area contributed by atoms with Crippen LogP contribution in [0.2, 0.25) is 0 Å². The molecule has 1 saturated heterocycles. The second kappa shape index (κ2) is 8.44. The summed E-state index contributed by atoms with van der Waals surface area (Å²) in [4.78, 5) is 24.5. The first-order chi connectivity index (χ1) is 13.4. The minimum Gasteiger partial charge on any atom is -0.499 e. The van der Waals surface area contributed by atoms with E-state index in [-0.39, 0.29) is 23.6 Å². The van der Waals surface area contributed by atoms with E-state index in [2.05, 4.69) is 4.90 Å². The summed E-state index contributed by atoms with van der Waals surface area (Å²) in [6, 6.07) is 4.73. The Kier molecular flexibility index (Phi) is 6.00. The fourth-order valence-electron chi connectivity index (χ4n) is 3.33. The van der Waals surface area contributed by atoms with E-state index >= 15 is 0 Å². The van der Waals surface area contributed by atoms with Crippen LogP contribution in [0.15, 0.2) is 29.7 Å². The van der Waals surface area contributed by atoms with Gasteiger partial charge in [-0.2, -0.15) is 0 Å². The Bertz CT molecular complexity index is 788. The minimum atomic E-state index is -1.49. The molecule has 0 amide bonds. The molecule has 10 nitrogen and oxygen atoms in total. The second-order valence-corrected chi connectivity index (χ2v) is 6.70. The lowest BCUT2D eigenvalue weighted by Crippen LogP contribution is -2.32. The van der Waals surface area contributed by atoms with Crippen LogP contribution in [0.25, 0.3) is 0 Å². The molecule has 2 aliphatic heterocycles. The van der Waals surface area contributed by atoms with E-state index in [9.17, 15) is 25.1 Å². The number of nitro benzene ring substituents is 1. The third-order valence-corrected chi connectivity index (χ3v) is 4.82. The summed E-state index contributed by atoms with van der Waals surface area (Å²) in [5.74, 6) is -2.28. The summed E-state index contributed by atoms with van der Waals surface area (Å²) in [6.45, 7) is 0.680. The predicted octanol–water partition coefficient (Wildman–Crippen LogP) is 1.15. The third kappa shape index (κ3) is 4.02.